The van der Waals surface area contributed by atoms with Crippen molar-refractivity contribution in [3.63, 3.8) is 0 Å². The van der Waals surface area contributed by atoms with Gasteiger partial charge in [0.25, 0.3) is 0 Å². The molecule has 118 valence electrons. The van der Waals surface area contributed by atoms with Crippen LogP contribution in [-0.2, 0) is 6.54 Å². The van der Waals surface area contributed by atoms with Crippen LogP contribution in [0.15, 0.2) is 23.2 Å². The number of pyridine rings is 1. The molecule has 5 nitrogen and oxygen atoms in total. The maximum absolute atomic E-state index is 5.95. The number of aliphatic imine (C=N–C) groups is 1. The molecule has 1 aromatic heterocycles. The molecule has 0 saturated heterocycles. The van der Waals surface area contributed by atoms with E-state index in [0.717, 1.165) is 11.5 Å². The summed E-state index contributed by atoms with van der Waals surface area (Å²) in [4.78, 5) is 10.9. The second-order valence-corrected chi connectivity index (χ2v) is 5.56. The first-order valence-electron chi connectivity index (χ1n) is 7.35. The fraction of sp³-hybridized carbons (Fsp3) is 0.600. The third kappa shape index (κ3) is 6.07. The van der Waals surface area contributed by atoms with Crippen LogP contribution in [0.25, 0.3) is 0 Å². The molecule has 0 radical (unpaired) electrons. The maximum Gasteiger partial charge on any atom is 0.189 e. The highest BCUT2D eigenvalue weighted by atomic mass is 127. The van der Waals surface area contributed by atoms with Crippen molar-refractivity contribution < 1.29 is 0 Å². The van der Waals surface area contributed by atoms with E-state index in [4.69, 9.17) is 5.73 Å². The number of guanidine groups is 1. The second-order valence-electron chi connectivity index (χ2n) is 5.56. The van der Waals surface area contributed by atoms with Crippen LogP contribution in [0.5, 0.6) is 0 Å². The Labute approximate surface area is 144 Å². The Morgan fingerprint density at radius 3 is 2.71 bits per heavy atom. The number of halogens is 1. The lowest BCUT2D eigenvalue weighted by atomic mass is 9.96. The van der Waals surface area contributed by atoms with E-state index in [1.807, 2.05) is 37.2 Å². The SMILES string of the molecule is CN(C)c1cccc(CN=C(N)NC2CCCCC2)n1.I. The van der Waals surface area contributed by atoms with Crippen LogP contribution in [-0.4, -0.2) is 31.1 Å². The van der Waals surface area contributed by atoms with Gasteiger partial charge in [0.2, 0.25) is 0 Å². The van der Waals surface area contributed by atoms with Crippen LogP contribution >= 0.6 is 24.0 Å². The molecule has 0 aliphatic heterocycles. The highest BCUT2D eigenvalue weighted by Gasteiger charge is 2.13. The average molecular weight is 403 g/mol. The average Bonchev–Trinajstić information content (AvgIpc) is 2.46. The van der Waals surface area contributed by atoms with Gasteiger partial charge < -0.3 is 16.0 Å². The number of hydrogen-bond donors (Lipinski definition) is 2. The van der Waals surface area contributed by atoms with Crippen LogP contribution in [0.1, 0.15) is 37.8 Å². The summed E-state index contributed by atoms with van der Waals surface area (Å²) < 4.78 is 0. The van der Waals surface area contributed by atoms with Crippen LogP contribution in [0.4, 0.5) is 5.82 Å². The van der Waals surface area contributed by atoms with Gasteiger partial charge in [0.05, 0.1) is 12.2 Å². The van der Waals surface area contributed by atoms with E-state index in [-0.39, 0.29) is 24.0 Å². The molecule has 1 aromatic rings. The lowest BCUT2D eigenvalue weighted by molar-refractivity contribution is 0.412. The highest BCUT2D eigenvalue weighted by molar-refractivity contribution is 14.0. The Morgan fingerprint density at radius 1 is 1.33 bits per heavy atom. The zero-order valence-electron chi connectivity index (χ0n) is 12.9. The van der Waals surface area contributed by atoms with Crippen molar-refractivity contribution in [1.82, 2.24) is 10.3 Å². The van der Waals surface area contributed by atoms with Crippen molar-refractivity contribution in [2.75, 3.05) is 19.0 Å². The molecule has 1 saturated carbocycles. The van der Waals surface area contributed by atoms with Gasteiger partial charge in [-0.2, -0.15) is 0 Å². The standard InChI is InChI=1S/C15H25N5.HI/c1-20(2)14-10-6-9-13(18-14)11-17-15(16)19-12-7-4-3-5-8-12;/h6,9-10,12H,3-5,7-8,11H2,1-2H3,(H3,16,17,19);1H. The Kier molecular flexibility index (Phi) is 7.77. The lowest BCUT2D eigenvalue weighted by Gasteiger charge is -2.23. The summed E-state index contributed by atoms with van der Waals surface area (Å²) in [5.41, 5.74) is 6.89. The molecule has 0 unspecified atom stereocenters. The van der Waals surface area contributed by atoms with E-state index in [2.05, 4.69) is 15.3 Å². The van der Waals surface area contributed by atoms with E-state index >= 15 is 0 Å². The predicted octanol–water partition coefficient (Wildman–Crippen LogP) is 2.50. The number of hydrogen-bond acceptors (Lipinski definition) is 3. The summed E-state index contributed by atoms with van der Waals surface area (Å²) >= 11 is 0. The second kappa shape index (κ2) is 9.07. The van der Waals surface area contributed by atoms with Crippen molar-refractivity contribution in [2.24, 2.45) is 10.7 Å². The summed E-state index contributed by atoms with van der Waals surface area (Å²) in [6.45, 7) is 0.521. The zero-order chi connectivity index (χ0) is 14.4. The topological polar surface area (TPSA) is 66.5 Å². The first-order valence-corrected chi connectivity index (χ1v) is 7.35. The molecule has 0 amide bonds. The van der Waals surface area contributed by atoms with Gasteiger partial charge in [-0.25, -0.2) is 9.98 Å². The number of aromatic nitrogens is 1. The summed E-state index contributed by atoms with van der Waals surface area (Å²) in [6, 6.07) is 6.45. The van der Waals surface area contributed by atoms with Crippen molar-refractivity contribution in [1.29, 1.82) is 0 Å². The number of anilines is 1. The Balaban J connectivity index is 0.00000220. The normalized spacial score (nSPS) is 16.2. The summed E-state index contributed by atoms with van der Waals surface area (Å²) in [5, 5.41) is 3.32. The van der Waals surface area contributed by atoms with Gasteiger partial charge in [0.15, 0.2) is 5.96 Å². The van der Waals surface area contributed by atoms with E-state index in [1.54, 1.807) is 0 Å². The van der Waals surface area contributed by atoms with Crippen molar-refractivity contribution in [2.45, 2.75) is 44.7 Å². The molecule has 1 fully saturated rings. The third-order valence-corrected chi connectivity index (χ3v) is 3.62. The van der Waals surface area contributed by atoms with E-state index < -0.39 is 0 Å². The molecular weight excluding hydrogens is 377 g/mol. The van der Waals surface area contributed by atoms with Crippen LogP contribution in [0.3, 0.4) is 0 Å². The molecule has 0 bridgehead atoms. The van der Waals surface area contributed by atoms with Gasteiger partial charge in [-0.3, -0.25) is 0 Å². The lowest BCUT2D eigenvalue weighted by Crippen LogP contribution is -2.41. The molecule has 3 N–H and O–H groups in total. The Bertz CT molecular complexity index is 455. The third-order valence-electron chi connectivity index (χ3n) is 3.62. The van der Waals surface area contributed by atoms with E-state index in [9.17, 15) is 0 Å². The fourth-order valence-electron chi connectivity index (χ4n) is 2.47. The van der Waals surface area contributed by atoms with Crippen molar-refractivity contribution in [3.05, 3.63) is 23.9 Å². The molecule has 0 aromatic carbocycles. The van der Waals surface area contributed by atoms with Gasteiger partial charge in [0, 0.05) is 20.1 Å². The van der Waals surface area contributed by atoms with Gasteiger partial charge >= 0.3 is 0 Å². The first-order chi connectivity index (χ1) is 9.65. The minimum Gasteiger partial charge on any atom is -0.370 e. The molecule has 1 heterocycles. The van der Waals surface area contributed by atoms with Gasteiger partial charge in [-0.05, 0) is 25.0 Å². The quantitative estimate of drug-likeness (QED) is 0.461. The molecule has 6 heteroatoms. The summed E-state index contributed by atoms with van der Waals surface area (Å²) in [7, 11) is 3.96. The Morgan fingerprint density at radius 2 is 2.05 bits per heavy atom. The van der Waals surface area contributed by atoms with Crippen molar-refractivity contribution >= 4 is 35.8 Å². The van der Waals surface area contributed by atoms with Crippen LogP contribution in [0, 0.1) is 0 Å². The largest absolute Gasteiger partial charge is 0.370 e. The van der Waals surface area contributed by atoms with Crippen LogP contribution < -0.4 is 16.0 Å². The summed E-state index contributed by atoms with van der Waals surface area (Å²) in [5.74, 6) is 1.48. The van der Waals surface area contributed by atoms with Crippen LogP contribution in [0.2, 0.25) is 0 Å². The molecule has 1 aliphatic rings. The smallest absolute Gasteiger partial charge is 0.189 e. The highest BCUT2D eigenvalue weighted by Crippen LogP contribution is 2.17. The molecule has 2 rings (SSSR count). The van der Waals surface area contributed by atoms with Crippen molar-refractivity contribution in [3.8, 4) is 0 Å². The van der Waals surface area contributed by atoms with Gasteiger partial charge in [0.1, 0.15) is 5.82 Å². The molecule has 0 spiro atoms. The van der Waals surface area contributed by atoms with Gasteiger partial charge in [-0.15, -0.1) is 24.0 Å². The molecule has 21 heavy (non-hydrogen) atoms. The Hall–Kier alpha value is -1.05. The number of rotatable bonds is 4. The predicted molar refractivity (Wildman–Crippen MR) is 99.3 cm³/mol. The van der Waals surface area contributed by atoms with E-state index in [1.165, 1.54) is 32.1 Å². The fourth-order valence-corrected chi connectivity index (χ4v) is 2.47. The minimum absolute atomic E-state index is 0. The van der Waals surface area contributed by atoms with E-state index in [0.29, 0.717) is 18.5 Å². The minimum atomic E-state index is 0. The summed E-state index contributed by atoms with van der Waals surface area (Å²) in [6.07, 6.45) is 6.32. The number of nitrogens with two attached hydrogens (primary N) is 1. The molecular formula is C15H26IN5. The molecule has 0 atom stereocenters. The first kappa shape index (κ1) is 18.0. The zero-order valence-corrected chi connectivity index (χ0v) is 15.2. The maximum atomic E-state index is 5.95. The number of nitrogens with zero attached hydrogens (tertiary/aromatic N) is 3. The number of nitrogens with one attached hydrogen (secondary N) is 1. The van der Waals surface area contributed by atoms with Gasteiger partial charge in [-0.1, -0.05) is 25.3 Å². The molecule has 1 aliphatic carbocycles. The monoisotopic (exact) mass is 403 g/mol.